The molecule has 3 aromatic carbocycles. The van der Waals surface area contributed by atoms with Gasteiger partial charge in [-0.1, -0.05) is 54.6 Å². The van der Waals surface area contributed by atoms with E-state index in [4.69, 9.17) is 10.5 Å². The van der Waals surface area contributed by atoms with Crippen LogP contribution in [0.1, 0.15) is 6.92 Å². The fraction of sp³-hybridized carbons (Fsp3) is 0.200. The number of nitrogens with two attached hydrogens (primary N) is 1. The quantitative estimate of drug-likeness (QED) is 0.256. The molecule has 3 aromatic rings. The number of hydrogen-bond acceptors (Lipinski definition) is 5. The number of esters is 1. The maximum Gasteiger partial charge on any atom is 0.328 e. The average Bonchev–Trinajstić information content (AvgIpc) is 2.84. The van der Waals surface area contributed by atoms with Gasteiger partial charge in [0, 0.05) is 12.7 Å². The van der Waals surface area contributed by atoms with Gasteiger partial charge in [-0.2, -0.15) is 12.6 Å². The van der Waals surface area contributed by atoms with Crippen LogP contribution in [-0.4, -0.2) is 36.1 Å². The molecule has 32 heavy (non-hydrogen) atoms. The first-order valence-electron chi connectivity index (χ1n) is 10.4. The lowest BCUT2D eigenvalue weighted by Crippen LogP contribution is -2.45. The Bertz CT molecular complexity index is 922. The van der Waals surface area contributed by atoms with E-state index in [-0.39, 0.29) is 12.3 Å². The molecule has 5 nitrogen and oxygen atoms in total. The predicted molar refractivity (Wildman–Crippen MR) is 136 cm³/mol. The number of ether oxygens (including phenoxy) is 1. The topological polar surface area (TPSA) is 81.4 Å². The fourth-order valence-electron chi connectivity index (χ4n) is 3.75. The normalized spacial score (nSPS) is 13.1. The molecule has 1 unspecified atom stereocenters. The summed E-state index contributed by atoms with van der Waals surface area (Å²) in [7, 11) is -2.36. The Balaban J connectivity index is 2.01. The lowest BCUT2D eigenvalue weighted by atomic mass is 10.3. The van der Waals surface area contributed by atoms with Crippen molar-refractivity contribution < 1.29 is 14.3 Å². The van der Waals surface area contributed by atoms with Crippen molar-refractivity contribution in [2.75, 3.05) is 12.3 Å². The van der Waals surface area contributed by atoms with Gasteiger partial charge in [0.25, 0.3) is 0 Å². The van der Waals surface area contributed by atoms with Gasteiger partial charge in [-0.05, 0) is 36.4 Å². The summed E-state index contributed by atoms with van der Waals surface area (Å²) < 4.78 is 5.98. The summed E-state index contributed by atoms with van der Waals surface area (Å²) in [5.41, 5.74) is 5.67. The summed E-state index contributed by atoms with van der Waals surface area (Å²) in [4.78, 5) is 24.7. The van der Waals surface area contributed by atoms with Crippen LogP contribution in [0.3, 0.4) is 0 Å². The summed E-state index contributed by atoms with van der Waals surface area (Å²) in [5, 5.41) is 5.86. The maximum absolute atomic E-state index is 12.7. The van der Waals surface area contributed by atoms with Crippen molar-refractivity contribution in [3.63, 3.8) is 0 Å². The zero-order valence-electron chi connectivity index (χ0n) is 17.9. The van der Waals surface area contributed by atoms with Crippen molar-refractivity contribution in [3.8, 4) is 0 Å². The van der Waals surface area contributed by atoms with Gasteiger partial charge in [0.1, 0.15) is 22.5 Å². The largest absolute Gasteiger partial charge is 0.425 e. The van der Waals surface area contributed by atoms with Crippen LogP contribution in [0.25, 0.3) is 0 Å². The molecule has 2 atom stereocenters. The first kappa shape index (κ1) is 24.0. The smallest absolute Gasteiger partial charge is 0.328 e. The van der Waals surface area contributed by atoms with Gasteiger partial charge in [0.2, 0.25) is 11.8 Å². The van der Waals surface area contributed by atoms with E-state index in [1.807, 2.05) is 61.5 Å². The number of hydrogen-bond donors (Lipinski definition) is 3. The van der Waals surface area contributed by atoms with Gasteiger partial charge in [-0.25, -0.2) is 0 Å². The highest BCUT2D eigenvalue weighted by atomic mass is 32.1. The molecule has 0 saturated heterocycles. The van der Waals surface area contributed by atoms with Crippen LogP contribution >= 0.6 is 19.9 Å². The van der Waals surface area contributed by atoms with Crippen LogP contribution in [0.4, 0.5) is 0 Å². The first-order chi connectivity index (χ1) is 15.5. The van der Waals surface area contributed by atoms with Crippen molar-refractivity contribution in [1.29, 1.82) is 0 Å². The molecule has 3 rings (SSSR count). The highest BCUT2D eigenvalue weighted by Crippen LogP contribution is 2.59. The highest BCUT2D eigenvalue weighted by molar-refractivity contribution is 7.96. The van der Waals surface area contributed by atoms with Crippen LogP contribution in [-0.2, 0) is 14.3 Å². The number of carbonyl (C=O) groups is 2. The molecule has 1 amide bonds. The number of thiol groups is 1. The van der Waals surface area contributed by atoms with Crippen LogP contribution in [0.15, 0.2) is 91.0 Å². The molecule has 0 aliphatic heterocycles. The summed E-state index contributed by atoms with van der Waals surface area (Å²) >= 11 is 4.02. The zero-order chi connectivity index (χ0) is 23.0. The lowest BCUT2D eigenvalue weighted by Gasteiger charge is -2.32. The number of rotatable bonds is 9. The molecule has 0 spiro atoms. The Hall–Kier alpha value is -2.66. The van der Waals surface area contributed by atoms with E-state index in [1.54, 1.807) is 0 Å². The molecule has 0 heterocycles. The molecule has 0 aromatic heterocycles. The number of nitrogens with one attached hydrogen (secondary N) is 1. The monoisotopic (exact) mass is 467 g/mol. The molecule has 0 radical (unpaired) electrons. The van der Waals surface area contributed by atoms with Crippen LogP contribution < -0.4 is 27.0 Å². The molecule has 3 N–H and O–H groups in total. The van der Waals surface area contributed by atoms with Crippen LogP contribution in [0.5, 0.6) is 0 Å². The van der Waals surface area contributed by atoms with Crippen molar-refractivity contribution in [2.45, 2.75) is 18.8 Å². The molecule has 0 fully saturated rings. The van der Waals surface area contributed by atoms with Gasteiger partial charge in [-0.15, -0.1) is 0 Å². The Morgan fingerprint density at radius 1 is 0.875 bits per heavy atom. The summed E-state index contributed by atoms with van der Waals surface area (Å²) in [6, 6.07) is 29.7. The third-order valence-electron chi connectivity index (χ3n) is 5.28. The molecule has 0 bridgehead atoms. The molecule has 166 valence electrons. The molecule has 0 saturated carbocycles. The zero-order valence-corrected chi connectivity index (χ0v) is 19.7. The van der Waals surface area contributed by atoms with E-state index < -0.39 is 31.0 Å². The number of amides is 1. The molecular formula is C25H28N2O3PS+. The van der Waals surface area contributed by atoms with E-state index in [1.165, 1.54) is 0 Å². The van der Waals surface area contributed by atoms with Crippen molar-refractivity contribution >= 4 is 47.7 Å². The van der Waals surface area contributed by atoms with Crippen molar-refractivity contribution in [3.05, 3.63) is 91.0 Å². The lowest BCUT2D eigenvalue weighted by molar-refractivity contribution is -0.145. The third kappa shape index (κ3) is 5.21. The summed E-state index contributed by atoms with van der Waals surface area (Å²) in [5.74, 6) is -1.20. The minimum atomic E-state index is -2.36. The maximum atomic E-state index is 12.7. The average molecular weight is 468 g/mol. The number of carbonyl (C=O) groups excluding carboxylic acids is 2. The second kappa shape index (κ2) is 11.3. The molecule has 0 aliphatic carbocycles. The SMILES string of the molecule is CC(OC(=O)CNC(=O)[C@@H](N)CS)[P+](c1ccccc1)(c1ccccc1)c1ccccc1. The van der Waals surface area contributed by atoms with Crippen LogP contribution in [0, 0.1) is 0 Å². The second-order valence-corrected chi connectivity index (χ2v) is 11.4. The minimum absolute atomic E-state index is 0.196. The Kier molecular flexibility index (Phi) is 8.46. The van der Waals surface area contributed by atoms with E-state index in [9.17, 15) is 9.59 Å². The minimum Gasteiger partial charge on any atom is -0.425 e. The van der Waals surface area contributed by atoms with Crippen molar-refractivity contribution in [1.82, 2.24) is 5.32 Å². The van der Waals surface area contributed by atoms with Crippen molar-refractivity contribution in [2.24, 2.45) is 5.73 Å². The number of benzene rings is 3. The molecule has 7 heteroatoms. The van der Waals surface area contributed by atoms with Gasteiger partial charge < -0.3 is 15.8 Å². The van der Waals surface area contributed by atoms with Gasteiger partial charge in [0.05, 0.1) is 6.04 Å². The Morgan fingerprint density at radius 3 is 1.66 bits per heavy atom. The standard InChI is InChI=1S/C25H27N2O3PS/c1-19(30-24(28)17-27-25(29)23(26)18-32)31(20-11-5-2-6-12-20,21-13-7-3-8-14-21)22-15-9-4-10-16-22/h2-16,19,23H,17-18,26H2,1H3,(H-,27,29,32)/p+1/t19?,23-/m0/s1. The molecule has 0 aliphatic rings. The first-order valence-corrected chi connectivity index (χ1v) is 12.9. The third-order valence-corrected chi connectivity index (χ3v) is 10.2. The van der Waals surface area contributed by atoms with Gasteiger partial charge >= 0.3 is 5.97 Å². The molecular weight excluding hydrogens is 439 g/mol. The van der Waals surface area contributed by atoms with Crippen LogP contribution in [0.2, 0.25) is 0 Å². The summed E-state index contributed by atoms with van der Waals surface area (Å²) in [6.07, 6.45) is 0. The highest BCUT2D eigenvalue weighted by Gasteiger charge is 2.52. The fourth-order valence-corrected chi connectivity index (χ4v) is 8.27. The van der Waals surface area contributed by atoms with E-state index >= 15 is 0 Å². The second-order valence-electron chi connectivity index (χ2n) is 7.33. The van der Waals surface area contributed by atoms with Gasteiger partial charge in [-0.3, -0.25) is 9.59 Å². The summed E-state index contributed by atoms with van der Waals surface area (Å²) in [6.45, 7) is 1.68. The van der Waals surface area contributed by atoms with E-state index in [0.717, 1.165) is 15.9 Å². The van der Waals surface area contributed by atoms with E-state index in [2.05, 4.69) is 54.3 Å². The van der Waals surface area contributed by atoms with E-state index in [0.29, 0.717) is 0 Å². The Labute approximate surface area is 195 Å². The van der Waals surface area contributed by atoms with Gasteiger partial charge in [0.15, 0.2) is 7.26 Å². The Morgan fingerprint density at radius 2 is 1.28 bits per heavy atom. The predicted octanol–water partition coefficient (Wildman–Crippen LogP) is 2.24.